The molecule has 0 heterocycles. The van der Waals surface area contributed by atoms with E-state index in [1.54, 1.807) is 0 Å². The summed E-state index contributed by atoms with van der Waals surface area (Å²) in [6, 6.07) is -1.09. The van der Waals surface area contributed by atoms with E-state index in [0.29, 0.717) is 0 Å². The molecule has 0 saturated heterocycles. The van der Waals surface area contributed by atoms with Crippen LogP contribution in [0.1, 0.15) is 13.8 Å². The van der Waals surface area contributed by atoms with Crippen molar-refractivity contribution in [3.63, 3.8) is 0 Å². The maximum atomic E-state index is 10.2. The number of carbonyl (C=O) groups is 1. The fourth-order valence-electron chi connectivity index (χ4n) is 0.410. The van der Waals surface area contributed by atoms with Crippen LogP contribution in [0.3, 0.4) is 0 Å². The van der Waals surface area contributed by atoms with Gasteiger partial charge in [0.2, 0.25) is 0 Å². The van der Waals surface area contributed by atoms with E-state index in [1.165, 1.54) is 13.8 Å². The second kappa shape index (κ2) is 3.22. The number of rotatable bonds is 2. The summed E-state index contributed by atoms with van der Waals surface area (Å²) in [4.78, 5) is 10.2. The van der Waals surface area contributed by atoms with Gasteiger partial charge >= 0.3 is 5.97 Å². The molecule has 0 bridgehead atoms. The summed E-state index contributed by atoms with van der Waals surface area (Å²) >= 11 is 0. The van der Waals surface area contributed by atoms with Crippen molar-refractivity contribution in [1.82, 2.24) is 0 Å². The molecule has 0 aromatic rings. The van der Waals surface area contributed by atoms with Crippen LogP contribution in [0.4, 0.5) is 0 Å². The Labute approximate surface area is 59.0 Å². The molecule has 0 saturated carbocycles. The number of aliphatic hydroxyl groups is 1. The lowest BCUT2D eigenvalue weighted by Gasteiger charge is -2.06. The SMILES string of the molecule is C/C(O)=C(\C)C(N)C(=O)O. The number of aliphatic carboxylic acids is 1. The smallest absolute Gasteiger partial charge is 0.324 e. The van der Waals surface area contributed by atoms with Gasteiger partial charge in [0.1, 0.15) is 6.04 Å². The Morgan fingerprint density at radius 1 is 1.40 bits per heavy atom. The summed E-state index contributed by atoms with van der Waals surface area (Å²) in [5.74, 6) is -1.17. The molecule has 0 aromatic heterocycles. The molecule has 10 heavy (non-hydrogen) atoms. The third kappa shape index (κ3) is 2.06. The van der Waals surface area contributed by atoms with Gasteiger partial charge in [0.15, 0.2) is 0 Å². The van der Waals surface area contributed by atoms with Gasteiger partial charge in [-0.2, -0.15) is 0 Å². The average molecular weight is 145 g/mol. The highest BCUT2D eigenvalue weighted by Crippen LogP contribution is 2.03. The number of hydrogen-bond acceptors (Lipinski definition) is 3. The van der Waals surface area contributed by atoms with Gasteiger partial charge in [-0.15, -0.1) is 0 Å². The Balaban J connectivity index is 4.37. The maximum Gasteiger partial charge on any atom is 0.324 e. The molecule has 0 spiro atoms. The van der Waals surface area contributed by atoms with Crippen LogP contribution in [-0.4, -0.2) is 22.2 Å². The zero-order valence-corrected chi connectivity index (χ0v) is 5.96. The van der Waals surface area contributed by atoms with E-state index in [9.17, 15) is 4.79 Å². The molecular formula is C6H11NO3. The number of carboxylic acids is 1. The van der Waals surface area contributed by atoms with Gasteiger partial charge < -0.3 is 15.9 Å². The van der Waals surface area contributed by atoms with Crippen molar-refractivity contribution in [2.75, 3.05) is 0 Å². The molecule has 0 aliphatic rings. The normalized spacial score (nSPS) is 15.9. The Bertz CT molecular complexity index is 170. The first-order chi connectivity index (χ1) is 4.46. The quantitative estimate of drug-likeness (QED) is 0.486. The van der Waals surface area contributed by atoms with Gasteiger partial charge in [0, 0.05) is 0 Å². The van der Waals surface area contributed by atoms with Crippen LogP contribution < -0.4 is 5.73 Å². The van der Waals surface area contributed by atoms with Gasteiger partial charge in [0.05, 0.1) is 5.76 Å². The van der Waals surface area contributed by atoms with Gasteiger partial charge in [-0.1, -0.05) is 0 Å². The highest BCUT2D eigenvalue weighted by atomic mass is 16.4. The molecule has 58 valence electrons. The summed E-state index contributed by atoms with van der Waals surface area (Å²) in [6.45, 7) is 2.88. The standard InChI is InChI=1S/C6H11NO3/c1-3(4(2)8)5(7)6(9)10/h5,8H,7H2,1-2H3,(H,9,10)/b4-3-. The lowest BCUT2D eigenvalue weighted by molar-refractivity contribution is -0.137. The molecule has 4 N–H and O–H groups in total. The molecule has 1 unspecified atom stereocenters. The second-order valence-electron chi connectivity index (χ2n) is 2.08. The predicted molar refractivity (Wildman–Crippen MR) is 36.6 cm³/mol. The van der Waals surface area contributed by atoms with Gasteiger partial charge in [-0.3, -0.25) is 4.79 Å². The van der Waals surface area contributed by atoms with E-state index >= 15 is 0 Å². The Hall–Kier alpha value is -1.03. The van der Waals surface area contributed by atoms with E-state index in [-0.39, 0.29) is 11.3 Å². The Morgan fingerprint density at radius 3 is 1.90 bits per heavy atom. The molecule has 1 atom stereocenters. The van der Waals surface area contributed by atoms with E-state index in [0.717, 1.165) is 0 Å². The lowest BCUT2D eigenvalue weighted by atomic mass is 10.1. The van der Waals surface area contributed by atoms with Crippen LogP contribution in [0.25, 0.3) is 0 Å². The summed E-state index contributed by atoms with van der Waals surface area (Å²) in [7, 11) is 0. The summed E-state index contributed by atoms with van der Waals surface area (Å²) in [5.41, 5.74) is 5.43. The zero-order valence-electron chi connectivity index (χ0n) is 5.96. The topological polar surface area (TPSA) is 83.5 Å². The minimum Gasteiger partial charge on any atom is -0.513 e. The average Bonchev–Trinajstić information content (AvgIpc) is 1.84. The monoisotopic (exact) mass is 145 g/mol. The predicted octanol–water partition coefficient (Wildman–Crippen LogP) is 0.250. The Morgan fingerprint density at radius 2 is 1.80 bits per heavy atom. The third-order valence-corrected chi connectivity index (χ3v) is 1.30. The third-order valence-electron chi connectivity index (χ3n) is 1.30. The first-order valence-corrected chi connectivity index (χ1v) is 2.81. The highest BCUT2D eigenvalue weighted by molar-refractivity contribution is 5.76. The van der Waals surface area contributed by atoms with Crippen molar-refractivity contribution < 1.29 is 15.0 Å². The molecule has 0 radical (unpaired) electrons. The number of nitrogens with two attached hydrogens (primary N) is 1. The molecule has 4 nitrogen and oxygen atoms in total. The molecule has 0 rings (SSSR count). The van der Waals surface area contributed by atoms with E-state index in [4.69, 9.17) is 15.9 Å². The summed E-state index contributed by atoms with van der Waals surface area (Å²) in [5, 5.41) is 17.1. The van der Waals surface area contributed by atoms with Crippen molar-refractivity contribution in [3.05, 3.63) is 11.3 Å². The minimum absolute atomic E-state index is 0.0325. The van der Waals surface area contributed by atoms with Crippen LogP contribution in [-0.2, 0) is 4.79 Å². The van der Waals surface area contributed by atoms with Crippen molar-refractivity contribution in [1.29, 1.82) is 0 Å². The zero-order chi connectivity index (χ0) is 8.31. The highest BCUT2D eigenvalue weighted by Gasteiger charge is 2.14. The molecule has 0 aliphatic carbocycles. The lowest BCUT2D eigenvalue weighted by Crippen LogP contribution is -2.31. The molecular weight excluding hydrogens is 134 g/mol. The van der Waals surface area contributed by atoms with Gasteiger partial charge in [-0.25, -0.2) is 0 Å². The number of hydrogen-bond donors (Lipinski definition) is 3. The molecule has 0 amide bonds. The number of allylic oxidation sites excluding steroid dienone is 1. The fraction of sp³-hybridized carbons (Fsp3) is 0.500. The van der Waals surface area contributed by atoms with Crippen LogP contribution in [0.5, 0.6) is 0 Å². The first-order valence-electron chi connectivity index (χ1n) is 2.81. The van der Waals surface area contributed by atoms with Crippen LogP contribution in [0, 0.1) is 0 Å². The number of aliphatic hydroxyl groups excluding tert-OH is 1. The second-order valence-corrected chi connectivity index (χ2v) is 2.08. The largest absolute Gasteiger partial charge is 0.513 e. The summed E-state index contributed by atoms with van der Waals surface area (Å²) in [6.07, 6.45) is 0. The van der Waals surface area contributed by atoms with Gasteiger partial charge in [0.25, 0.3) is 0 Å². The minimum atomic E-state index is -1.13. The first kappa shape index (κ1) is 8.97. The maximum absolute atomic E-state index is 10.2. The van der Waals surface area contributed by atoms with E-state index < -0.39 is 12.0 Å². The van der Waals surface area contributed by atoms with Crippen molar-refractivity contribution in [3.8, 4) is 0 Å². The molecule has 4 heteroatoms. The molecule has 0 aliphatic heterocycles. The van der Waals surface area contributed by atoms with Crippen molar-refractivity contribution in [2.24, 2.45) is 5.73 Å². The van der Waals surface area contributed by atoms with E-state index in [2.05, 4.69) is 0 Å². The summed E-state index contributed by atoms with van der Waals surface area (Å²) < 4.78 is 0. The van der Waals surface area contributed by atoms with Crippen LogP contribution in [0.2, 0.25) is 0 Å². The Kier molecular flexibility index (Phi) is 2.89. The number of carboxylic acid groups (broad SMARTS) is 1. The van der Waals surface area contributed by atoms with Crippen molar-refractivity contribution >= 4 is 5.97 Å². The van der Waals surface area contributed by atoms with E-state index in [1.807, 2.05) is 0 Å². The van der Waals surface area contributed by atoms with Crippen LogP contribution in [0.15, 0.2) is 11.3 Å². The van der Waals surface area contributed by atoms with Crippen molar-refractivity contribution in [2.45, 2.75) is 19.9 Å². The van der Waals surface area contributed by atoms with Gasteiger partial charge in [-0.05, 0) is 19.4 Å². The fourth-order valence-corrected chi connectivity index (χ4v) is 0.410. The molecule has 0 aromatic carbocycles. The van der Waals surface area contributed by atoms with Crippen LogP contribution >= 0.6 is 0 Å². The molecule has 0 fully saturated rings.